The van der Waals surface area contributed by atoms with Gasteiger partial charge in [0.25, 0.3) is 0 Å². The van der Waals surface area contributed by atoms with Crippen molar-refractivity contribution < 1.29 is 0 Å². The molecule has 0 saturated carbocycles. The van der Waals surface area contributed by atoms with Crippen LogP contribution in [-0.2, 0) is 5.41 Å². The average molecular weight is 906 g/mol. The normalized spacial score (nSPS) is 13.0. The van der Waals surface area contributed by atoms with Gasteiger partial charge in [-0.25, -0.2) is 9.97 Å². The van der Waals surface area contributed by atoms with E-state index in [0.717, 1.165) is 72.3 Å². The molecular weight excluding hydrogens is 863 g/mol. The van der Waals surface area contributed by atoms with Crippen LogP contribution < -0.4 is 0 Å². The van der Waals surface area contributed by atoms with Gasteiger partial charge < -0.3 is 4.57 Å². The quantitative estimate of drug-likeness (QED) is 0.162. The van der Waals surface area contributed by atoms with Crippen LogP contribution in [0.5, 0.6) is 0 Å². The van der Waals surface area contributed by atoms with Gasteiger partial charge in [-0.3, -0.25) is 9.55 Å². The molecular formula is C66H43N5. The zero-order chi connectivity index (χ0) is 47.0. The summed E-state index contributed by atoms with van der Waals surface area (Å²) in [6.45, 7) is 4.79. The number of para-hydroxylation sites is 2. The van der Waals surface area contributed by atoms with Gasteiger partial charge in [0.1, 0.15) is 0 Å². The summed E-state index contributed by atoms with van der Waals surface area (Å²) < 4.78 is 4.62. The average Bonchev–Trinajstić information content (AvgIpc) is 4.02. The van der Waals surface area contributed by atoms with E-state index in [4.69, 9.17) is 15.0 Å². The minimum atomic E-state index is -0.282. The monoisotopic (exact) mass is 905 g/mol. The molecule has 14 aromatic rings. The van der Waals surface area contributed by atoms with Crippen LogP contribution in [0, 0.1) is 0 Å². The van der Waals surface area contributed by atoms with Gasteiger partial charge in [-0.2, -0.15) is 0 Å². The predicted molar refractivity (Wildman–Crippen MR) is 295 cm³/mol. The zero-order valence-electron chi connectivity index (χ0n) is 39.1. The second kappa shape index (κ2) is 14.9. The fraction of sp³-hybridized carbons (Fsp3) is 0.0455. The molecule has 5 nitrogen and oxygen atoms in total. The van der Waals surface area contributed by atoms with Crippen molar-refractivity contribution in [3.05, 3.63) is 236 Å². The van der Waals surface area contributed by atoms with Crippen molar-refractivity contribution in [1.82, 2.24) is 24.1 Å². The van der Waals surface area contributed by atoms with Crippen LogP contribution in [0.3, 0.4) is 0 Å². The number of benzene rings is 10. The van der Waals surface area contributed by atoms with E-state index < -0.39 is 0 Å². The third kappa shape index (κ3) is 5.84. The molecule has 0 fully saturated rings. The van der Waals surface area contributed by atoms with Gasteiger partial charge in [0.15, 0.2) is 0 Å². The predicted octanol–water partition coefficient (Wildman–Crippen LogP) is 16.8. The summed E-state index contributed by atoms with van der Waals surface area (Å²) in [4.78, 5) is 16.1. The molecule has 0 spiro atoms. The Kier molecular flexibility index (Phi) is 8.35. The molecule has 0 aliphatic heterocycles. The van der Waals surface area contributed by atoms with Crippen LogP contribution in [0.25, 0.3) is 132 Å². The Labute approximate surface area is 409 Å². The van der Waals surface area contributed by atoms with Gasteiger partial charge in [0.2, 0.25) is 5.95 Å². The van der Waals surface area contributed by atoms with Crippen molar-refractivity contribution in [2.75, 3.05) is 0 Å². The Hall–Kier alpha value is -9.19. The molecule has 15 rings (SSSR count). The summed E-state index contributed by atoms with van der Waals surface area (Å²) in [5.74, 6) is 0.625. The minimum Gasteiger partial charge on any atom is -0.308 e. The highest BCUT2D eigenvalue weighted by molar-refractivity contribution is 6.26. The molecule has 0 saturated heterocycles. The number of fused-ring (bicyclic) bond motifs is 15. The topological polar surface area (TPSA) is 48.5 Å². The molecule has 0 amide bonds. The van der Waals surface area contributed by atoms with Crippen LogP contribution in [0.4, 0.5) is 0 Å². The number of pyridine rings is 1. The Morgan fingerprint density at radius 1 is 0.324 bits per heavy atom. The second-order valence-electron chi connectivity index (χ2n) is 19.6. The number of rotatable bonds is 5. The van der Waals surface area contributed by atoms with Crippen LogP contribution >= 0.6 is 0 Å². The largest absolute Gasteiger partial charge is 0.308 e. The Balaban J connectivity index is 1.01. The first-order chi connectivity index (χ1) is 35.0. The van der Waals surface area contributed by atoms with Crippen molar-refractivity contribution in [3.63, 3.8) is 0 Å². The highest BCUT2D eigenvalue weighted by atomic mass is 15.2. The fourth-order valence-corrected chi connectivity index (χ4v) is 11.9. The summed E-state index contributed by atoms with van der Waals surface area (Å²) in [6.07, 6.45) is 2.04. The summed E-state index contributed by atoms with van der Waals surface area (Å²) >= 11 is 0. The van der Waals surface area contributed by atoms with Crippen molar-refractivity contribution >= 4 is 75.9 Å². The molecule has 0 bridgehead atoms. The smallest absolute Gasteiger partial charge is 0.235 e. The Bertz CT molecular complexity index is 4470. The standard InChI is InChI=1S/C66H43N5/c1-66(2)56-34-50-47-27-15-13-25-45(47)44-24-12-14-26-46(44)49(50)33-51(56)52-37-63-54(35-57(52)66)53-32-42(58-36-55-48-28-16-17-29-61(48)70(64(55)39-67-58)43-22-10-5-11-23-43)30-31-62(53)71(63)65-68-59(40-18-6-3-7-19-40)38-60(69-65)41-20-8-4-9-21-41/h3-39H,1-2H3. The van der Waals surface area contributed by atoms with Crippen molar-refractivity contribution in [3.8, 4) is 56.5 Å². The molecule has 10 aromatic carbocycles. The van der Waals surface area contributed by atoms with Gasteiger partial charge in [-0.05, 0) is 121 Å². The first-order valence-corrected chi connectivity index (χ1v) is 24.4. The van der Waals surface area contributed by atoms with E-state index in [2.05, 4.69) is 241 Å². The summed E-state index contributed by atoms with van der Waals surface area (Å²) in [5, 5.41) is 12.3. The lowest BCUT2D eigenvalue weighted by molar-refractivity contribution is 0.662. The van der Waals surface area contributed by atoms with E-state index in [1.807, 2.05) is 6.20 Å². The third-order valence-electron chi connectivity index (χ3n) is 15.3. The molecule has 1 aliphatic rings. The van der Waals surface area contributed by atoms with Crippen molar-refractivity contribution in [2.24, 2.45) is 0 Å². The van der Waals surface area contributed by atoms with E-state index in [0.29, 0.717) is 5.95 Å². The first kappa shape index (κ1) is 39.8. The molecule has 0 radical (unpaired) electrons. The lowest BCUT2D eigenvalue weighted by Crippen LogP contribution is -2.15. The molecule has 4 aromatic heterocycles. The lowest BCUT2D eigenvalue weighted by Gasteiger charge is -2.22. The maximum absolute atomic E-state index is 5.45. The maximum Gasteiger partial charge on any atom is 0.235 e. The van der Waals surface area contributed by atoms with Gasteiger partial charge in [0, 0.05) is 49.3 Å². The molecule has 0 N–H and O–H groups in total. The lowest BCUT2D eigenvalue weighted by atomic mass is 9.81. The molecule has 332 valence electrons. The molecule has 0 unspecified atom stereocenters. The van der Waals surface area contributed by atoms with E-state index in [1.54, 1.807) is 0 Å². The minimum absolute atomic E-state index is 0.282. The second-order valence-corrected chi connectivity index (χ2v) is 19.6. The van der Waals surface area contributed by atoms with Crippen LogP contribution in [0.1, 0.15) is 25.0 Å². The molecule has 71 heavy (non-hydrogen) atoms. The zero-order valence-corrected chi connectivity index (χ0v) is 39.1. The fourth-order valence-electron chi connectivity index (χ4n) is 11.9. The Morgan fingerprint density at radius 2 is 0.817 bits per heavy atom. The van der Waals surface area contributed by atoms with E-state index in [1.165, 1.54) is 65.3 Å². The highest BCUT2D eigenvalue weighted by Gasteiger charge is 2.37. The van der Waals surface area contributed by atoms with Gasteiger partial charge >= 0.3 is 0 Å². The van der Waals surface area contributed by atoms with Gasteiger partial charge in [-0.1, -0.05) is 166 Å². The molecule has 5 heteroatoms. The van der Waals surface area contributed by atoms with Crippen LogP contribution in [-0.4, -0.2) is 24.1 Å². The SMILES string of the molecule is CC1(C)c2cc3c4ccccc4c4ccccc4c3cc2-c2cc3c(cc21)c1cc(-c2cc4c5ccccc5n(-c5ccccc5)c4cn2)ccc1n3-c1nc(-c2ccccc2)cc(-c2ccccc2)n1. The number of hydrogen-bond donors (Lipinski definition) is 0. The van der Waals surface area contributed by atoms with Crippen LogP contribution in [0.15, 0.2) is 225 Å². The van der Waals surface area contributed by atoms with Crippen molar-refractivity contribution in [1.29, 1.82) is 0 Å². The van der Waals surface area contributed by atoms with Gasteiger partial charge in [0.05, 0.1) is 45.3 Å². The van der Waals surface area contributed by atoms with E-state index >= 15 is 0 Å². The summed E-state index contributed by atoms with van der Waals surface area (Å²) in [7, 11) is 0. The summed E-state index contributed by atoms with van der Waals surface area (Å²) in [6, 6.07) is 79.0. The van der Waals surface area contributed by atoms with E-state index in [9.17, 15) is 0 Å². The molecule has 0 atom stereocenters. The number of nitrogens with zero attached hydrogens (tertiary/aromatic N) is 5. The van der Waals surface area contributed by atoms with E-state index in [-0.39, 0.29) is 5.41 Å². The summed E-state index contributed by atoms with van der Waals surface area (Å²) in [5.41, 5.74) is 16.1. The van der Waals surface area contributed by atoms with Gasteiger partial charge in [-0.15, -0.1) is 0 Å². The number of hydrogen-bond acceptors (Lipinski definition) is 3. The van der Waals surface area contributed by atoms with Crippen molar-refractivity contribution in [2.45, 2.75) is 19.3 Å². The first-order valence-electron chi connectivity index (χ1n) is 24.4. The van der Waals surface area contributed by atoms with Crippen LogP contribution in [0.2, 0.25) is 0 Å². The Morgan fingerprint density at radius 3 is 1.46 bits per heavy atom. The maximum atomic E-state index is 5.45. The molecule has 1 aliphatic carbocycles. The molecule has 4 heterocycles. The number of aromatic nitrogens is 5. The third-order valence-corrected chi connectivity index (χ3v) is 15.3. The highest BCUT2D eigenvalue weighted by Crippen LogP contribution is 2.53.